The average Bonchev–Trinajstić information content (AvgIpc) is 2.23. The number of ether oxygens (including phenoxy) is 1. The number of azide groups is 1. The van der Waals surface area contributed by atoms with Crippen LogP contribution in [-0.4, -0.2) is 13.2 Å². The molecule has 80 valence electrons. The van der Waals surface area contributed by atoms with Gasteiger partial charge in [-0.2, -0.15) is 0 Å². The second-order valence-electron chi connectivity index (χ2n) is 3.07. The highest BCUT2D eigenvalue weighted by Gasteiger charge is 1.99. The van der Waals surface area contributed by atoms with Crippen LogP contribution in [0.3, 0.4) is 0 Å². The van der Waals surface area contributed by atoms with E-state index in [1.807, 2.05) is 0 Å². The van der Waals surface area contributed by atoms with Gasteiger partial charge in [0.25, 0.3) is 0 Å². The van der Waals surface area contributed by atoms with Gasteiger partial charge >= 0.3 is 0 Å². The molecular formula is C10H12FN3O. The maximum Gasteiger partial charge on any atom is 0.129 e. The van der Waals surface area contributed by atoms with Gasteiger partial charge in [0.2, 0.25) is 0 Å². The van der Waals surface area contributed by atoms with E-state index in [2.05, 4.69) is 10.0 Å². The van der Waals surface area contributed by atoms with Crippen molar-refractivity contribution in [2.45, 2.75) is 13.3 Å². The average molecular weight is 209 g/mol. The molecule has 0 amide bonds. The maximum atomic E-state index is 13.1. The Balaban J connectivity index is 2.37. The number of rotatable bonds is 5. The molecule has 0 aliphatic rings. The first-order valence-electron chi connectivity index (χ1n) is 4.64. The van der Waals surface area contributed by atoms with Gasteiger partial charge < -0.3 is 4.74 Å². The van der Waals surface area contributed by atoms with Crippen LogP contribution in [0.1, 0.15) is 12.0 Å². The topological polar surface area (TPSA) is 58.0 Å². The molecule has 1 aromatic rings. The number of aryl methyl sites for hydroxylation is 1. The molecule has 0 saturated carbocycles. The molecule has 0 aliphatic heterocycles. The lowest BCUT2D eigenvalue weighted by molar-refractivity contribution is 0.311. The van der Waals surface area contributed by atoms with Crippen molar-refractivity contribution in [1.29, 1.82) is 0 Å². The third kappa shape index (κ3) is 3.87. The van der Waals surface area contributed by atoms with Crippen molar-refractivity contribution in [2.24, 2.45) is 5.11 Å². The molecule has 0 unspecified atom stereocenters. The summed E-state index contributed by atoms with van der Waals surface area (Å²) >= 11 is 0. The van der Waals surface area contributed by atoms with E-state index < -0.39 is 0 Å². The van der Waals surface area contributed by atoms with Crippen LogP contribution in [0.2, 0.25) is 0 Å². The predicted molar refractivity (Wildman–Crippen MR) is 55.3 cm³/mol. The third-order valence-electron chi connectivity index (χ3n) is 1.88. The van der Waals surface area contributed by atoms with Crippen molar-refractivity contribution in [3.05, 3.63) is 40.0 Å². The van der Waals surface area contributed by atoms with Gasteiger partial charge in [-0.1, -0.05) is 11.2 Å². The summed E-state index contributed by atoms with van der Waals surface area (Å²) in [5.74, 6) is 0.224. The van der Waals surface area contributed by atoms with Gasteiger partial charge in [-0.25, -0.2) is 4.39 Å². The highest BCUT2D eigenvalue weighted by molar-refractivity contribution is 5.27. The Labute approximate surface area is 87.3 Å². The zero-order valence-electron chi connectivity index (χ0n) is 8.48. The van der Waals surface area contributed by atoms with E-state index in [1.165, 1.54) is 6.07 Å². The van der Waals surface area contributed by atoms with Crippen molar-refractivity contribution in [3.8, 4) is 5.75 Å². The molecule has 1 rings (SSSR count). The number of hydrogen-bond donors (Lipinski definition) is 0. The third-order valence-corrected chi connectivity index (χ3v) is 1.88. The fraction of sp³-hybridized carbons (Fsp3) is 0.400. The summed E-state index contributed by atoms with van der Waals surface area (Å²) < 4.78 is 18.3. The molecule has 15 heavy (non-hydrogen) atoms. The molecule has 5 heteroatoms. The van der Waals surface area contributed by atoms with Crippen molar-refractivity contribution in [3.63, 3.8) is 0 Å². The van der Waals surface area contributed by atoms with Crippen molar-refractivity contribution >= 4 is 0 Å². The summed E-state index contributed by atoms with van der Waals surface area (Å²) in [6.45, 7) is 2.51. The van der Waals surface area contributed by atoms with Crippen molar-refractivity contribution in [2.75, 3.05) is 13.2 Å². The summed E-state index contributed by atoms with van der Waals surface area (Å²) in [6, 6.07) is 4.73. The molecular weight excluding hydrogens is 197 g/mol. The van der Waals surface area contributed by atoms with Crippen LogP contribution in [0, 0.1) is 12.7 Å². The minimum atomic E-state index is -0.275. The van der Waals surface area contributed by atoms with E-state index in [1.54, 1.807) is 19.1 Å². The largest absolute Gasteiger partial charge is 0.493 e. The second kappa shape index (κ2) is 5.88. The quantitative estimate of drug-likeness (QED) is 0.318. The van der Waals surface area contributed by atoms with E-state index in [9.17, 15) is 4.39 Å². The Bertz CT molecular complexity index is 375. The molecule has 0 atom stereocenters. The van der Waals surface area contributed by atoms with E-state index in [-0.39, 0.29) is 5.82 Å². The molecule has 0 fully saturated rings. The van der Waals surface area contributed by atoms with E-state index in [0.717, 1.165) is 0 Å². The highest BCUT2D eigenvalue weighted by atomic mass is 19.1. The van der Waals surface area contributed by atoms with Gasteiger partial charge in [-0.15, -0.1) is 0 Å². The molecule has 0 saturated heterocycles. The van der Waals surface area contributed by atoms with Gasteiger partial charge in [-0.3, -0.25) is 0 Å². The van der Waals surface area contributed by atoms with E-state index in [4.69, 9.17) is 10.3 Å². The summed E-state index contributed by atoms with van der Waals surface area (Å²) in [5, 5.41) is 3.36. The standard InChI is InChI=1S/C10H12FN3O/c1-8-3-4-9(7-10(8)11)15-6-2-5-13-14-12/h3-4,7H,2,5-6H2,1H3. The summed E-state index contributed by atoms with van der Waals surface area (Å²) in [7, 11) is 0. The zero-order valence-corrected chi connectivity index (χ0v) is 8.48. The van der Waals surface area contributed by atoms with Gasteiger partial charge in [0, 0.05) is 17.5 Å². The Morgan fingerprint density at radius 2 is 2.33 bits per heavy atom. The lowest BCUT2D eigenvalue weighted by Crippen LogP contribution is -1.99. The minimum Gasteiger partial charge on any atom is -0.493 e. The van der Waals surface area contributed by atoms with Crippen LogP contribution in [-0.2, 0) is 0 Å². The van der Waals surface area contributed by atoms with Gasteiger partial charge in [0.1, 0.15) is 11.6 Å². The Morgan fingerprint density at radius 1 is 1.53 bits per heavy atom. The smallest absolute Gasteiger partial charge is 0.129 e. The summed E-state index contributed by atoms with van der Waals surface area (Å²) in [6.07, 6.45) is 0.625. The number of nitrogens with zero attached hydrogens (tertiary/aromatic N) is 3. The van der Waals surface area contributed by atoms with Crippen LogP contribution < -0.4 is 4.74 Å². The Hall–Kier alpha value is -1.74. The molecule has 1 aromatic carbocycles. The maximum absolute atomic E-state index is 13.1. The van der Waals surface area contributed by atoms with Crippen molar-refractivity contribution < 1.29 is 9.13 Å². The monoisotopic (exact) mass is 209 g/mol. The molecule has 0 N–H and O–H groups in total. The van der Waals surface area contributed by atoms with Gasteiger partial charge in [-0.05, 0) is 30.5 Å². The normalized spacial score (nSPS) is 9.47. The Kier molecular flexibility index (Phi) is 4.44. The molecule has 0 heterocycles. The number of benzene rings is 1. The Morgan fingerprint density at radius 3 is 3.00 bits per heavy atom. The van der Waals surface area contributed by atoms with E-state index in [0.29, 0.717) is 30.9 Å². The number of hydrogen-bond acceptors (Lipinski definition) is 2. The first-order chi connectivity index (χ1) is 7.24. The van der Waals surface area contributed by atoms with Gasteiger partial charge in [0.05, 0.1) is 6.61 Å². The fourth-order valence-electron chi connectivity index (χ4n) is 1.03. The molecule has 0 aromatic heterocycles. The fourth-order valence-corrected chi connectivity index (χ4v) is 1.03. The molecule has 0 aliphatic carbocycles. The van der Waals surface area contributed by atoms with Crippen LogP contribution in [0.25, 0.3) is 10.4 Å². The van der Waals surface area contributed by atoms with Crippen LogP contribution >= 0.6 is 0 Å². The lowest BCUT2D eigenvalue weighted by Gasteiger charge is -2.05. The van der Waals surface area contributed by atoms with Gasteiger partial charge in [0.15, 0.2) is 0 Å². The number of halogens is 1. The highest BCUT2D eigenvalue weighted by Crippen LogP contribution is 2.15. The van der Waals surface area contributed by atoms with E-state index >= 15 is 0 Å². The zero-order chi connectivity index (χ0) is 11.1. The first-order valence-corrected chi connectivity index (χ1v) is 4.64. The minimum absolute atomic E-state index is 0.275. The summed E-state index contributed by atoms with van der Waals surface area (Å²) in [5.41, 5.74) is 8.61. The predicted octanol–water partition coefficient (Wildman–Crippen LogP) is 3.21. The molecule has 4 nitrogen and oxygen atoms in total. The first kappa shape index (κ1) is 11.3. The van der Waals surface area contributed by atoms with Crippen LogP contribution in [0.5, 0.6) is 5.75 Å². The molecule has 0 radical (unpaired) electrons. The second-order valence-corrected chi connectivity index (χ2v) is 3.07. The molecule has 0 bridgehead atoms. The SMILES string of the molecule is Cc1ccc(OCCCN=[N+]=[N-])cc1F. The molecule has 0 spiro atoms. The van der Waals surface area contributed by atoms with Crippen LogP contribution in [0.4, 0.5) is 4.39 Å². The van der Waals surface area contributed by atoms with Crippen LogP contribution in [0.15, 0.2) is 23.3 Å². The van der Waals surface area contributed by atoms with Crippen molar-refractivity contribution in [1.82, 2.24) is 0 Å². The summed E-state index contributed by atoms with van der Waals surface area (Å²) in [4.78, 5) is 2.62. The lowest BCUT2D eigenvalue weighted by atomic mass is 10.2.